The molecule has 2 rings (SSSR count). The summed E-state index contributed by atoms with van der Waals surface area (Å²) in [6.07, 6.45) is 0. The number of hydrogen-bond donors (Lipinski definition) is 0. The standard InChI is InChI=1S/C10H9N3O/c1-8-7-10(11-12-13(8)14)9-5-3-2-4-6-9/h2-7H,1H3. The molecule has 0 fully saturated rings. The van der Waals surface area contributed by atoms with Crippen LogP contribution < -0.4 is 4.85 Å². The van der Waals surface area contributed by atoms with Crippen LogP contribution in [-0.2, 0) is 0 Å². The van der Waals surface area contributed by atoms with Crippen LogP contribution in [0.5, 0.6) is 0 Å². The van der Waals surface area contributed by atoms with Gasteiger partial charge in [-0.3, -0.25) is 0 Å². The van der Waals surface area contributed by atoms with Gasteiger partial charge < -0.3 is 5.21 Å². The molecule has 1 aromatic heterocycles. The van der Waals surface area contributed by atoms with E-state index in [1.54, 1.807) is 13.0 Å². The van der Waals surface area contributed by atoms with E-state index in [-0.39, 0.29) is 0 Å². The van der Waals surface area contributed by atoms with Crippen LogP contribution in [-0.4, -0.2) is 10.3 Å². The maximum absolute atomic E-state index is 10.9. The molecule has 1 heterocycles. The van der Waals surface area contributed by atoms with Crippen molar-refractivity contribution in [3.05, 3.63) is 47.3 Å². The Balaban J connectivity index is 2.48. The highest BCUT2D eigenvalue weighted by Gasteiger charge is 2.07. The minimum atomic E-state index is 0.506. The summed E-state index contributed by atoms with van der Waals surface area (Å²) >= 11 is 0. The Morgan fingerprint density at radius 1 is 1.21 bits per heavy atom. The average molecular weight is 187 g/mol. The fraction of sp³-hybridized carbons (Fsp3) is 0.100. The smallest absolute Gasteiger partial charge is 0.214 e. The van der Waals surface area contributed by atoms with Gasteiger partial charge in [-0.2, -0.15) is 0 Å². The maximum Gasteiger partial charge on any atom is 0.214 e. The molecule has 0 spiro atoms. The molecule has 4 nitrogen and oxygen atoms in total. The van der Waals surface area contributed by atoms with Gasteiger partial charge in [-0.05, 0) is 0 Å². The predicted octanol–water partition coefficient (Wildman–Crippen LogP) is 1.09. The van der Waals surface area contributed by atoms with Crippen molar-refractivity contribution < 1.29 is 4.85 Å². The summed E-state index contributed by atoms with van der Waals surface area (Å²) in [5.41, 5.74) is 2.22. The second-order valence-corrected chi connectivity index (χ2v) is 3.00. The van der Waals surface area contributed by atoms with Gasteiger partial charge >= 0.3 is 0 Å². The van der Waals surface area contributed by atoms with Gasteiger partial charge in [-0.25, -0.2) is 0 Å². The van der Waals surface area contributed by atoms with Crippen LogP contribution in [0.15, 0.2) is 36.4 Å². The second kappa shape index (κ2) is 3.41. The first-order chi connectivity index (χ1) is 6.77. The molecule has 0 unspecified atom stereocenters. The SMILES string of the molecule is Cc1cc(-c2ccccc2)nn[n+]1[O-]. The lowest BCUT2D eigenvalue weighted by atomic mass is 10.1. The van der Waals surface area contributed by atoms with E-state index in [9.17, 15) is 5.21 Å². The van der Waals surface area contributed by atoms with E-state index in [2.05, 4.69) is 10.3 Å². The first-order valence-electron chi connectivity index (χ1n) is 4.27. The van der Waals surface area contributed by atoms with Gasteiger partial charge in [0.25, 0.3) is 0 Å². The van der Waals surface area contributed by atoms with Crippen molar-refractivity contribution in [1.29, 1.82) is 0 Å². The Bertz CT molecular complexity index is 442. The van der Waals surface area contributed by atoms with Crippen molar-refractivity contribution in [2.75, 3.05) is 0 Å². The predicted molar refractivity (Wildman–Crippen MR) is 51.2 cm³/mol. The molecular weight excluding hydrogens is 178 g/mol. The maximum atomic E-state index is 10.9. The minimum absolute atomic E-state index is 0.506. The monoisotopic (exact) mass is 187 g/mol. The molecule has 0 N–H and O–H groups in total. The fourth-order valence-electron chi connectivity index (χ4n) is 1.19. The van der Waals surface area contributed by atoms with Gasteiger partial charge in [-0.1, -0.05) is 30.3 Å². The molecule has 4 heteroatoms. The van der Waals surface area contributed by atoms with Gasteiger partial charge in [0.2, 0.25) is 5.69 Å². The number of nitrogens with zero attached hydrogens (tertiary/aromatic N) is 3. The molecule has 0 bridgehead atoms. The highest BCUT2D eigenvalue weighted by molar-refractivity contribution is 5.57. The molecule has 70 valence electrons. The molecule has 0 aliphatic rings. The van der Waals surface area contributed by atoms with Gasteiger partial charge in [-0.15, -0.1) is 4.85 Å². The molecule has 0 aliphatic carbocycles. The molecule has 0 aliphatic heterocycles. The van der Waals surface area contributed by atoms with Crippen molar-refractivity contribution in [1.82, 2.24) is 10.3 Å². The zero-order valence-electron chi connectivity index (χ0n) is 7.71. The summed E-state index contributed by atoms with van der Waals surface area (Å²) in [6.45, 7) is 1.70. The van der Waals surface area contributed by atoms with E-state index in [1.165, 1.54) is 0 Å². The average Bonchev–Trinajstić information content (AvgIpc) is 2.23. The number of aryl methyl sites for hydroxylation is 1. The zero-order valence-corrected chi connectivity index (χ0v) is 7.71. The van der Waals surface area contributed by atoms with Gasteiger partial charge in [0.1, 0.15) is 10.9 Å². The van der Waals surface area contributed by atoms with Crippen LogP contribution in [0.1, 0.15) is 5.69 Å². The van der Waals surface area contributed by atoms with Gasteiger partial charge in [0.15, 0.2) is 0 Å². The Kier molecular flexibility index (Phi) is 2.10. The van der Waals surface area contributed by atoms with E-state index in [0.29, 0.717) is 10.5 Å². The summed E-state index contributed by atoms with van der Waals surface area (Å²) in [7, 11) is 0. The summed E-state index contributed by atoms with van der Waals surface area (Å²) in [5, 5.41) is 18.2. The Morgan fingerprint density at radius 3 is 2.57 bits per heavy atom. The summed E-state index contributed by atoms with van der Waals surface area (Å²) < 4.78 is 0. The number of rotatable bonds is 1. The largest absolute Gasteiger partial charge is 0.691 e. The topological polar surface area (TPSA) is 52.7 Å². The van der Waals surface area contributed by atoms with Crippen LogP contribution in [0.25, 0.3) is 11.3 Å². The summed E-state index contributed by atoms with van der Waals surface area (Å²) in [5.74, 6) is 0. The van der Waals surface area contributed by atoms with Crippen LogP contribution in [0.4, 0.5) is 0 Å². The normalized spacial score (nSPS) is 10.1. The second-order valence-electron chi connectivity index (χ2n) is 3.00. The van der Waals surface area contributed by atoms with E-state index in [0.717, 1.165) is 11.3 Å². The van der Waals surface area contributed by atoms with E-state index in [1.807, 2.05) is 30.3 Å². The van der Waals surface area contributed by atoms with Crippen molar-refractivity contribution >= 4 is 0 Å². The molecule has 0 radical (unpaired) electrons. The third-order valence-electron chi connectivity index (χ3n) is 1.95. The first-order valence-corrected chi connectivity index (χ1v) is 4.27. The van der Waals surface area contributed by atoms with Crippen molar-refractivity contribution in [3.63, 3.8) is 0 Å². The van der Waals surface area contributed by atoms with E-state index in [4.69, 9.17) is 0 Å². The lowest BCUT2D eigenvalue weighted by Crippen LogP contribution is -2.35. The highest BCUT2D eigenvalue weighted by atomic mass is 16.5. The molecule has 2 aromatic rings. The molecule has 14 heavy (non-hydrogen) atoms. The Labute approximate surface area is 81.4 Å². The molecule has 0 atom stereocenters. The first kappa shape index (κ1) is 8.62. The quantitative estimate of drug-likeness (QED) is 0.496. The van der Waals surface area contributed by atoms with Crippen molar-refractivity contribution in [2.24, 2.45) is 0 Å². The van der Waals surface area contributed by atoms with Crippen molar-refractivity contribution in [3.8, 4) is 11.3 Å². The highest BCUT2D eigenvalue weighted by Crippen LogP contribution is 2.14. The Morgan fingerprint density at radius 2 is 1.93 bits per heavy atom. The lowest BCUT2D eigenvalue weighted by Gasteiger charge is -2.00. The third-order valence-corrected chi connectivity index (χ3v) is 1.95. The van der Waals surface area contributed by atoms with Gasteiger partial charge in [0, 0.05) is 18.6 Å². The van der Waals surface area contributed by atoms with E-state index < -0.39 is 0 Å². The van der Waals surface area contributed by atoms with Crippen LogP contribution >= 0.6 is 0 Å². The molecular formula is C10H9N3O. The number of aromatic nitrogens is 3. The number of hydrogen-bond acceptors (Lipinski definition) is 3. The van der Waals surface area contributed by atoms with Crippen LogP contribution in [0, 0.1) is 12.1 Å². The lowest BCUT2D eigenvalue weighted by molar-refractivity contribution is -0.681. The molecule has 0 amide bonds. The van der Waals surface area contributed by atoms with Crippen molar-refractivity contribution in [2.45, 2.75) is 6.92 Å². The zero-order chi connectivity index (χ0) is 9.97. The van der Waals surface area contributed by atoms with Gasteiger partial charge in [0.05, 0.1) is 5.10 Å². The molecule has 0 saturated carbocycles. The minimum Gasteiger partial charge on any atom is -0.691 e. The summed E-state index contributed by atoms with van der Waals surface area (Å²) in [6, 6.07) is 11.3. The third kappa shape index (κ3) is 1.54. The van der Waals surface area contributed by atoms with E-state index >= 15 is 0 Å². The summed E-state index contributed by atoms with van der Waals surface area (Å²) in [4.78, 5) is 0.506. The fourth-order valence-corrected chi connectivity index (χ4v) is 1.19. The van der Waals surface area contributed by atoms with Crippen LogP contribution in [0.2, 0.25) is 0 Å². The molecule has 0 saturated heterocycles. The van der Waals surface area contributed by atoms with Crippen LogP contribution in [0.3, 0.4) is 0 Å². The Hall–Kier alpha value is -1.97. The molecule has 1 aromatic carbocycles. The number of benzene rings is 1.